The van der Waals surface area contributed by atoms with Crippen molar-refractivity contribution in [2.75, 3.05) is 6.61 Å². The maximum Gasteiger partial charge on any atom is 0.150 e. The second-order valence-electron chi connectivity index (χ2n) is 2.74. The summed E-state index contributed by atoms with van der Waals surface area (Å²) in [6, 6.07) is 7.63. The van der Waals surface area contributed by atoms with E-state index in [1.165, 1.54) is 0 Å². The lowest BCUT2D eigenvalue weighted by Crippen LogP contribution is -2.09. The largest absolute Gasteiger partial charge is 0.488 e. The van der Waals surface area contributed by atoms with Gasteiger partial charge in [-0.2, -0.15) is 0 Å². The first kappa shape index (κ1) is 8.51. The van der Waals surface area contributed by atoms with Crippen LogP contribution in [0.2, 0.25) is 0 Å². The minimum atomic E-state index is 0.348. The maximum absolute atomic E-state index is 10.6. The summed E-state index contributed by atoms with van der Waals surface area (Å²) in [6.45, 7) is 0.348. The number of carbonyl (C=O) groups is 1. The SMILES string of the molecule is O=CC1=C(Br)c2ccccc2OC1. The van der Waals surface area contributed by atoms with Gasteiger partial charge in [-0.25, -0.2) is 0 Å². The Balaban J connectivity index is 2.58. The number of carbonyl (C=O) groups excluding carboxylic acids is 1. The Hall–Kier alpha value is -1.09. The zero-order valence-corrected chi connectivity index (χ0v) is 8.37. The van der Waals surface area contributed by atoms with E-state index in [9.17, 15) is 4.79 Å². The van der Waals surface area contributed by atoms with Crippen LogP contribution < -0.4 is 4.74 Å². The first-order valence-corrected chi connectivity index (χ1v) is 4.68. The van der Waals surface area contributed by atoms with Gasteiger partial charge >= 0.3 is 0 Å². The van der Waals surface area contributed by atoms with Crippen molar-refractivity contribution < 1.29 is 9.53 Å². The lowest BCUT2D eigenvalue weighted by Gasteiger charge is -2.17. The van der Waals surface area contributed by atoms with Gasteiger partial charge in [-0.1, -0.05) is 18.2 Å². The Labute approximate surface area is 84.3 Å². The molecule has 66 valence electrons. The molecule has 0 aromatic heterocycles. The number of aldehydes is 1. The van der Waals surface area contributed by atoms with Crippen LogP contribution in [0.4, 0.5) is 0 Å². The van der Waals surface area contributed by atoms with Crippen LogP contribution in [0.5, 0.6) is 5.75 Å². The number of halogens is 1. The highest BCUT2D eigenvalue weighted by Gasteiger charge is 2.16. The zero-order chi connectivity index (χ0) is 9.26. The van der Waals surface area contributed by atoms with Gasteiger partial charge in [-0.15, -0.1) is 0 Å². The van der Waals surface area contributed by atoms with Gasteiger partial charge in [0, 0.05) is 15.6 Å². The summed E-state index contributed by atoms with van der Waals surface area (Å²) in [5, 5.41) is 0. The molecule has 0 bridgehead atoms. The zero-order valence-electron chi connectivity index (χ0n) is 6.79. The number of para-hydroxylation sites is 1. The molecule has 0 radical (unpaired) electrons. The molecule has 0 spiro atoms. The molecule has 1 heterocycles. The van der Waals surface area contributed by atoms with Gasteiger partial charge in [-0.05, 0) is 22.0 Å². The van der Waals surface area contributed by atoms with Crippen molar-refractivity contribution in [3.8, 4) is 5.75 Å². The van der Waals surface area contributed by atoms with E-state index in [4.69, 9.17) is 4.74 Å². The van der Waals surface area contributed by atoms with Gasteiger partial charge in [0.15, 0.2) is 6.29 Å². The van der Waals surface area contributed by atoms with Crippen LogP contribution in [0, 0.1) is 0 Å². The number of benzene rings is 1. The van der Waals surface area contributed by atoms with E-state index in [0.29, 0.717) is 12.2 Å². The molecule has 1 aromatic carbocycles. The van der Waals surface area contributed by atoms with Crippen molar-refractivity contribution in [2.24, 2.45) is 0 Å². The van der Waals surface area contributed by atoms with Crippen molar-refractivity contribution >= 4 is 26.7 Å². The molecule has 2 nitrogen and oxygen atoms in total. The summed E-state index contributed by atoms with van der Waals surface area (Å²) in [5.41, 5.74) is 1.59. The third kappa shape index (κ3) is 1.40. The van der Waals surface area contributed by atoms with Crippen LogP contribution in [-0.4, -0.2) is 12.9 Å². The van der Waals surface area contributed by atoms with Crippen LogP contribution in [0.15, 0.2) is 29.8 Å². The molecular formula is C10H7BrO2. The molecule has 0 atom stereocenters. The van der Waals surface area contributed by atoms with E-state index in [2.05, 4.69) is 15.9 Å². The summed E-state index contributed by atoms with van der Waals surface area (Å²) in [4.78, 5) is 10.6. The molecule has 0 saturated heterocycles. The third-order valence-electron chi connectivity index (χ3n) is 1.93. The first-order chi connectivity index (χ1) is 6.33. The average Bonchev–Trinajstić information content (AvgIpc) is 2.19. The molecule has 0 unspecified atom stereocenters. The van der Waals surface area contributed by atoms with Crippen LogP contribution in [-0.2, 0) is 4.79 Å². The number of rotatable bonds is 1. The topological polar surface area (TPSA) is 26.3 Å². The van der Waals surface area contributed by atoms with Crippen LogP contribution >= 0.6 is 15.9 Å². The molecule has 0 amide bonds. The Morgan fingerprint density at radius 2 is 2.15 bits per heavy atom. The van der Waals surface area contributed by atoms with Crippen molar-refractivity contribution in [1.29, 1.82) is 0 Å². The molecule has 0 N–H and O–H groups in total. The molecule has 13 heavy (non-hydrogen) atoms. The lowest BCUT2D eigenvalue weighted by atomic mass is 10.1. The minimum Gasteiger partial charge on any atom is -0.488 e. The number of hydrogen-bond acceptors (Lipinski definition) is 2. The minimum absolute atomic E-state index is 0.348. The number of fused-ring (bicyclic) bond motifs is 1. The molecule has 2 rings (SSSR count). The van der Waals surface area contributed by atoms with Crippen LogP contribution in [0.1, 0.15) is 5.56 Å². The van der Waals surface area contributed by atoms with Crippen molar-refractivity contribution in [3.05, 3.63) is 35.4 Å². The molecule has 1 aliphatic rings. The van der Waals surface area contributed by atoms with E-state index in [1.54, 1.807) is 0 Å². The average molecular weight is 239 g/mol. The van der Waals surface area contributed by atoms with Gasteiger partial charge in [0.25, 0.3) is 0 Å². The van der Waals surface area contributed by atoms with E-state index >= 15 is 0 Å². The number of ether oxygens (including phenoxy) is 1. The molecule has 0 aliphatic carbocycles. The van der Waals surface area contributed by atoms with E-state index in [1.807, 2.05) is 24.3 Å². The normalized spacial score (nSPS) is 14.8. The van der Waals surface area contributed by atoms with Gasteiger partial charge < -0.3 is 4.74 Å². The monoisotopic (exact) mass is 238 g/mol. The predicted molar refractivity (Wildman–Crippen MR) is 53.8 cm³/mol. The van der Waals surface area contributed by atoms with Gasteiger partial charge in [0.05, 0.1) is 0 Å². The molecule has 3 heteroatoms. The highest BCUT2D eigenvalue weighted by molar-refractivity contribution is 9.15. The fourth-order valence-corrected chi connectivity index (χ4v) is 1.79. The Morgan fingerprint density at radius 3 is 2.92 bits per heavy atom. The van der Waals surface area contributed by atoms with E-state index < -0.39 is 0 Å². The molecular weight excluding hydrogens is 232 g/mol. The van der Waals surface area contributed by atoms with Crippen molar-refractivity contribution in [3.63, 3.8) is 0 Å². The van der Waals surface area contributed by atoms with Crippen molar-refractivity contribution in [1.82, 2.24) is 0 Å². The van der Waals surface area contributed by atoms with Gasteiger partial charge in [0.1, 0.15) is 12.4 Å². The smallest absolute Gasteiger partial charge is 0.150 e. The molecule has 0 fully saturated rings. The fraction of sp³-hybridized carbons (Fsp3) is 0.100. The number of hydrogen-bond donors (Lipinski definition) is 0. The quantitative estimate of drug-likeness (QED) is 0.703. The summed E-state index contributed by atoms with van der Waals surface area (Å²) in [6.07, 6.45) is 0.819. The highest BCUT2D eigenvalue weighted by atomic mass is 79.9. The lowest BCUT2D eigenvalue weighted by molar-refractivity contribution is -0.105. The Kier molecular flexibility index (Phi) is 2.19. The van der Waals surface area contributed by atoms with E-state index in [-0.39, 0.29) is 0 Å². The Bertz CT molecular complexity index is 382. The van der Waals surface area contributed by atoms with E-state index in [0.717, 1.165) is 22.1 Å². The van der Waals surface area contributed by atoms with Crippen LogP contribution in [0.25, 0.3) is 4.48 Å². The van der Waals surface area contributed by atoms with Crippen molar-refractivity contribution in [2.45, 2.75) is 0 Å². The maximum atomic E-state index is 10.6. The molecule has 1 aromatic rings. The summed E-state index contributed by atoms with van der Waals surface area (Å²) < 4.78 is 6.22. The van der Waals surface area contributed by atoms with Gasteiger partial charge in [-0.3, -0.25) is 4.79 Å². The summed E-state index contributed by atoms with van der Waals surface area (Å²) in [7, 11) is 0. The summed E-state index contributed by atoms with van der Waals surface area (Å²) in [5.74, 6) is 0.819. The fourth-order valence-electron chi connectivity index (χ4n) is 1.25. The third-order valence-corrected chi connectivity index (χ3v) is 2.87. The van der Waals surface area contributed by atoms with Crippen LogP contribution in [0.3, 0.4) is 0 Å². The van der Waals surface area contributed by atoms with Gasteiger partial charge in [0.2, 0.25) is 0 Å². The standard InChI is InChI=1S/C10H7BrO2/c11-10-7(5-12)6-13-9-4-2-1-3-8(9)10/h1-5H,6H2. The first-order valence-electron chi connectivity index (χ1n) is 3.89. The predicted octanol–water partition coefficient (Wildman–Crippen LogP) is 2.38. The Morgan fingerprint density at radius 1 is 1.38 bits per heavy atom. The summed E-state index contributed by atoms with van der Waals surface area (Å²) >= 11 is 3.38. The highest BCUT2D eigenvalue weighted by Crippen LogP contribution is 2.35. The molecule has 1 aliphatic heterocycles. The second kappa shape index (κ2) is 3.34. The second-order valence-corrected chi connectivity index (χ2v) is 3.53. The molecule has 0 saturated carbocycles.